The molecule has 17 rings (SSSR count). The SMILES string of the molecule is C.C.C#C[Si](C)(C)C.CC(C)(C)OC(=O)n1cc(-c2cn(Cc3ccccc3)nn2)c2cccnc21.CC(C)(C)OC(=O)n1cc(I)c2cccnc21.CO.CO.O=CO[O-].[Cl][Pd][Cl].[Cu][I].[H-].[K+].[K+].[N-]=[N+]=NCc1ccccc1.c1ccc(Cn2cc(-c3c[nH]c4ncccc34)nn2)cc1.c1ccc(P(c2ccccc2)c2ccccc2)cc1.c1ccc(P(c2ccccc2)c2ccccc2)cc1. The first-order valence-electron chi connectivity index (χ1n) is 40.8. The first-order valence-corrected chi connectivity index (χ1v) is 55.1. The summed E-state index contributed by atoms with van der Waals surface area (Å²) in [6.45, 7) is 19.1. The molecule has 0 bridgehead atoms. The van der Waals surface area contributed by atoms with Crippen LogP contribution < -0.4 is 140 Å². The first-order chi connectivity index (χ1) is 64.4. The average molecular weight is 2360 g/mol. The molecule has 137 heavy (non-hydrogen) atoms. The van der Waals surface area contributed by atoms with Crippen LogP contribution in [0.5, 0.6) is 0 Å². The van der Waals surface area contributed by atoms with Crippen molar-refractivity contribution < 1.29 is 177 Å². The largest absolute Gasteiger partial charge is 1.00 e. The van der Waals surface area contributed by atoms with Crippen molar-refractivity contribution in [2.45, 2.75) is 107 Å². The van der Waals surface area contributed by atoms with Crippen molar-refractivity contribution in [3.8, 4) is 34.5 Å². The molecule has 17 aromatic rings. The Morgan fingerprint density at radius 3 is 1.13 bits per heavy atom. The number of rotatable bonds is 15. The van der Waals surface area contributed by atoms with Crippen molar-refractivity contribution in [2.75, 3.05) is 14.2 Å². The molecule has 0 saturated carbocycles. The molecule has 8 aromatic heterocycles. The summed E-state index contributed by atoms with van der Waals surface area (Å²) < 4.78 is 18.3. The smallest absolute Gasteiger partial charge is 1.00 e. The van der Waals surface area contributed by atoms with Crippen LogP contribution in [-0.2, 0) is 67.5 Å². The molecule has 8 heterocycles. The fourth-order valence-corrected chi connectivity index (χ4v) is 17.3. The summed E-state index contributed by atoms with van der Waals surface area (Å²) in [6.07, 6.45) is 18.5. The Hall–Kier alpha value is -7.94. The summed E-state index contributed by atoms with van der Waals surface area (Å²) in [4.78, 5) is 54.5. The van der Waals surface area contributed by atoms with Gasteiger partial charge in [-0.3, -0.25) is 4.79 Å². The molecule has 0 radical (unpaired) electrons. The maximum Gasteiger partial charge on any atom is 1.00 e. The molecular weight excluding hydrogens is 2240 g/mol. The fourth-order valence-electron chi connectivity index (χ4n) is 11.9. The van der Waals surface area contributed by atoms with Gasteiger partial charge in [-0.15, -0.1) is 22.2 Å². The molecular formula is C102H112Cl2CuI2K2N15O9P2PdSi. The van der Waals surface area contributed by atoms with Crippen LogP contribution in [-0.4, -0.2) is 121 Å². The minimum atomic E-state index is -1.10. The van der Waals surface area contributed by atoms with E-state index in [-0.39, 0.29) is 141 Å². The van der Waals surface area contributed by atoms with E-state index < -0.39 is 47.3 Å². The molecule has 24 nitrogen and oxygen atoms in total. The number of carbonyl (C=O) groups is 3. The number of aliphatic hydroxyl groups is 2. The molecule has 35 heteroatoms. The van der Waals surface area contributed by atoms with E-state index in [4.69, 9.17) is 60.8 Å². The number of nitrogens with zero attached hydrogens (tertiary/aromatic N) is 14. The predicted octanol–water partition coefficient (Wildman–Crippen LogP) is 16.6. The van der Waals surface area contributed by atoms with Crippen molar-refractivity contribution in [3.05, 3.63) is 390 Å². The van der Waals surface area contributed by atoms with Crippen LogP contribution in [0, 0.1) is 15.5 Å². The molecule has 3 N–H and O–H groups in total. The molecule has 0 fully saturated rings. The number of H-pyrrole nitrogens is 1. The first kappa shape index (κ1) is 125. The summed E-state index contributed by atoms with van der Waals surface area (Å²) in [5.41, 5.74) is 18.4. The zero-order valence-electron chi connectivity index (χ0n) is 77.9. The number of aromatic nitrogens is 12. The minimum Gasteiger partial charge on any atom is -1.00 e. The van der Waals surface area contributed by atoms with E-state index in [1.165, 1.54) is 46.5 Å². The number of carbonyl (C=O) groups excluding carboxylic acids is 3. The van der Waals surface area contributed by atoms with Gasteiger partial charge in [0, 0.05) is 87.2 Å². The second kappa shape index (κ2) is 69.8. The van der Waals surface area contributed by atoms with Gasteiger partial charge in [-0.1, -0.05) is 323 Å². The van der Waals surface area contributed by atoms with E-state index in [1.54, 1.807) is 56.0 Å². The van der Waals surface area contributed by atoms with Crippen molar-refractivity contribution in [3.63, 3.8) is 0 Å². The van der Waals surface area contributed by atoms with Gasteiger partial charge in [0.1, 0.15) is 47.6 Å². The quantitative estimate of drug-likeness (QED) is 0.00820. The second-order valence-electron chi connectivity index (χ2n) is 30.3. The molecule has 0 unspecified atom stereocenters. The second-order valence-corrected chi connectivity index (χ2v) is 43.1. The number of hydrogen-bond donors (Lipinski definition) is 3. The number of pyridine rings is 3. The summed E-state index contributed by atoms with van der Waals surface area (Å²) in [5.74, 6) is 0. The van der Waals surface area contributed by atoms with Crippen molar-refractivity contribution >= 4 is 169 Å². The molecule has 0 atom stereocenters. The number of benzene rings is 9. The molecule has 0 spiro atoms. The van der Waals surface area contributed by atoms with Gasteiger partial charge in [-0.05, 0) is 170 Å². The van der Waals surface area contributed by atoms with Gasteiger partial charge in [-0.2, -0.15) is 0 Å². The van der Waals surface area contributed by atoms with Gasteiger partial charge in [0.2, 0.25) is 0 Å². The van der Waals surface area contributed by atoms with E-state index in [0.29, 0.717) is 36.6 Å². The van der Waals surface area contributed by atoms with Gasteiger partial charge in [-0.25, -0.2) is 43.0 Å². The standard InChI is InChI=1S/C21H21N5O2.2C18H15P.C16H13N5.C12H13IN2O2.C7H7N3.C5H10Si.CH2O3.2CH4O.2CH4.2ClH.Cu.HI.2K.Pd.H/c1-21(2,3)28-20(27)26-13-17(16-10-7-11-22-19(16)26)18-14-25(24-23-18)12-15-8-5-4-6-9-15;2*1-4-10-16(11-5-1)19(17-12-6-2-7-13-17)18-14-8-3-9-15-18;1-2-5-12(6-3-1)10-21-11-15(19-20-21)14-9-18-16-13(14)7-4-8-17-16;1-12(2,3)17-11(16)15-7-9(13)8-5-4-6-14-10(8)15;8-10-9-6-7-4-2-1-3-5-7;1-5-6(2,3)4;2-1-4-3;2*1-2;;;;;;;;;;/h4-11,13-14H,12H2,1-3H3;2*1-15H;1-9,11H,10H2,(H,17,18);4-7H,1-3H3;1-5H,6H2;1H,2-4H3;1,3H;2*2H,1H3;2*1H4;2*1H;;1H;;;;/q;;;;;;;;;;;;;;+1;;2*+1;+2;-1/p-4. The normalized spacial score (nSPS) is 9.99. The number of hydrogen-bond acceptors (Lipinski definition) is 17. The predicted molar refractivity (Wildman–Crippen MR) is 566 cm³/mol. The van der Waals surface area contributed by atoms with Gasteiger partial charge >= 0.3 is 183 Å². The minimum absolute atomic E-state index is 0. The van der Waals surface area contributed by atoms with Crippen molar-refractivity contribution in [1.29, 1.82) is 0 Å². The van der Waals surface area contributed by atoms with Gasteiger partial charge in [0.15, 0.2) is 0 Å². The van der Waals surface area contributed by atoms with Crippen molar-refractivity contribution in [2.24, 2.45) is 5.11 Å². The number of halogens is 4. The monoisotopic (exact) mass is 2350 g/mol. The Morgan fingerprint density at radius 1 is 0.518 bits per heavy atom. The number of nitrogens with one attached hydrogen (secondary N) is 1. The molecule has 0 amide bonds. The Morgan fingerprint density at radius 2 is 0.810 bits per heavy atom. The van der Waals surface area contributed by atoms with Gasteiger partial charge < -0.3 is 36.2 Å². The third-order valence-corrected chi connectivity index (χ3v) is 24.0. The van der Waals surface area contributed by atoms with Crippen LogP contribution >= 0.6 is 77.8 Å². The van der Waals surface area contributed by atoms with Crippen LogP contribution in [0.4, 0.5) is 9.59 Å². The van der Waals surface area contributed by atoms with E-state index in [2.05, 4.69) is 310 Å². The molecule has 0 aliphatic carbocycles. The van der Waals surface area contributed by atoms with Crippen molar-refractivity contribution in [1.82, 2.24) is 59.1 Å². The Labute approximate surface area is 943 Å². The molecule has 0 saturated heterocycles. The van der Waals surface area contributed by atoms with Crippen LogP contribution in [0.15, 0.2) is 364 Å². The number of ether oxygens (including phenoxy) is 2. The van der Waals surface area contributed by atoms with Crippen LogP contribution in [0.2, 0.25) is 19.6 Å². The number of terminal acetylenes is 1. The molecule has 0 aliphatic rings. The number of aromatic amines is 1. The average Bonchev–Trinajstić information content (AvgIpc) is 1.57. The fraction of sp³-hybridized carbons (Fsp3) is 0.176. The Kier molecular flexibility index (Phi) is 63.8. The Bertz CT molecular complexity index is 5990. The molecule has 0 aliphatic heterocycles. The maximum absolute atomic E-state index is 12.6. The maximum atomic E-state index is 12.6. The summed E-state index contributed by atoms with van der Waals surface area (Å²) in [7, 11) is 9.63. The Balaban J connectivity index is 0.000000803. The number of aliphatic hydroxyl groups excluding tert-OH is 2. The summed E-state index contributed by atoms with van der Waals surface area (Å²) >= 11 is 7.95. The van der Waals surface area contributed by atoms with Gasteiger partial charge in [0.05, 0.1) is 32.0 Å². The molecule has 9 aromatic carbocycles. The van der Waals surface area contributed by atoms with E-state index in [9.17, 15) is 9.59 Å². The summed E-state index contributed by atoms with van der Waals surface area (Å²) in [6, 6.07) is 106. The zero-order valence-corrected chi connectivity index (χ0v) is 94.2. The van der Waals surface area contributed by atoms with Crippen LogP contribution in [0.25, 0.3) is 66.1 Å². The summed E-state index contributed by atoms with van der Waals surface area (Å²) in [5, 5.41) is 54.1. The van der Waals surface area contributed by atoms with Gasteiger partial charge in [0.25, 0.3) is 6.47 Å². The van der Waals surface area contributed by atoms with E-state index in [0.717, 1.165) is 67.5 Å². The zero-order chi connectivity index (χ0) is 96.8. The topological polar surface area (TPSA) is 317 Å². The third-order valence-electron chi connectivity index (χ3n) is 17.4. The number of azide groups is 1. The van der Waals surface area contributed by atoms with Crippen LogP contribution in [0.1, 0.15) is 74.5 Å². The number of fused-ring (bicyclic) bond motifs is 3. The van der Waals surface area contributed by atoms with Crippen LogP contribution in [0.3, 0.4) is 0 Å². The third kappa shape index (κ3) is 44.4. The van der Waals surface area contributed by atoms with E-state index >= 15 is 0 Å². The van der Waals surface area contributed by atoms with E-state index in [1.807, 2.05) is 180 Å². The molecule has 714 valence electrons.